The Labute approximate surface area is 250 Å². The number of rotatable bonds is 13. The lowest BCUT2D eigenvalue weighted by molar-refractivity contribution is 0.246. The Balaban J connectivity index is 1.52. The second-order valence-corrected chi connectivity index (χ2v) is 24.9. The van der Waals surface area contributed by atoms with E-state index in [1.165, 1.54) is 77.0 Å². The van der Waals surface area contributed by atoms with Crippen LogP contribution in [0.25, 0.3) is 0 Å². The van der Waals surface area contributed by atoms with Gasteiger partial charge in [0.15, 0.2) is 16.6 Å². The molecule has 0 radical (unpaired) electrons. The summed E-state index contributed by atoms with van der Waals surface area (Å²) in [4.78, 5) is 0. The normalized spacial score (nSPS) is 24.4. The molecule has 0 aromatic heterocycles. The van der Waals surface area contributed by atoms with Gasteiger partial charge in [-0.1, -0.05) is 54.4 Å². The van der Waals surface area contributed by atoms with Crippen molar-refractivity contribution in [2.24, 2.45) is 0 Å². The van der Waals surface area contributed by atoms with Gasteiger partial charge in [0.25, 0.3) is 0 Å². The second kappa shape index (κ2) is 12.5. The third kappa shape index (κ3) is 6.60. The van der Waals surface area contributed by atoms with Crippen LogP contribution in [0.1, 0.15) is 131 Å². The van der Waals surface area contributed by atoms with Gasteiger partial charge in [-0.05, 0) is 159 Å². The standard InChI is InChI=1S/C36H62O2Si2/c1-11-23-35(3,4)39(7,8)37-33-25-27(29-17-13-15-19-31(29)33)21-22-28-26-34(32-20-16-14-18-30(28)32)38-40(9,10)36(5,6)24-12-2/h25-26,33-34H,11-24H2,1-10H3/t33-,34+. The molecule has 0 amide bonds. The summed E-state index contributed by atoms with van der Waals surface area (Å²) in [7, 11) is -3.72. The molecule has 0 heterocycles. The summed E-state index contributed by atoms with van der Waals surface area (Å²) in [5.74, 6) is 0. The van der Waals surface area contributed by atoms with Crippen LogP contribution in [0.15, 0.2) is 45.6 Å². The first-order valence-corrected chi connectivity index (χ1v) is 22.8. The van der Waals surface area contributed by atoms with Crippen LogP contribution >= 0.6 is 0 Å². The lowest BCUT2D eigenvalue weighted by atomic mass is 9.86. The lowest BCUT2D eigenvalue weighted by Gasteiger charge is -2.41. The Morgan fingerprint density at radius 1 is 0.625 bits per heavy atom. The molecule has 40 heavy (non-hydrogen) atoms. The van der Waals surface area contributed by atoms with Crippen molar-refractivity contribution < 1.29 is 8.85 Å². The molecule has 0 saturated heterocycles. The van der Waals surface area contributed by atoms with Crippen molar-refractivity contribution in [3.8, 4) is 0 Å². The molecule has 0 aromatic carbocycles. The molecule has 4 rings (SSSR count). The van der Waals surface area contributed by atoms with E-state index in [0.717, 1.165) is 12.8 Å². The van der Waals surface area contributed by atoms with Crippen LogP contribution in [0, 0.1) is 0 Å². The molecule has 0 aliphatic heterocycles. The molecule has 2 nitrogen and oxygen atoms in total. The van der Waals surface area contributed by atoms with Crippen LogP contribution in [0.4, 0.5) is 0 Å². The molecule has 4 heteroatoms. The van der Waals surface area contributed by atoms with Crippen molar-refractivity contribution in [3.05, 3.63) is 45.6 Å². The van der Waals surface area contributed by atoms with Gasteiger partial charge in [0.2, 0.25) is 0 Å². The first kappa shape index (κ1) is 32.2. The van der Waals surface area contributed by atoms with E-state index in [4.69, 9.17) is 8.85 Å². The highest BCUT2D eigenvalue weighted by Gasteiger charge is 2.45. The number of hydrogen-bond acceptors (Lipinski definition) is 2. The van der Waals surface area contributed by atoms with E-state index in [9.17, 15) is 0 Å². The maximum absolute atomic E-state index is 7.16. The fraction of sp³-hybridized carbons (Fsp3) is 0.778. The summed E-state index contributed by atoms with van der Waals surface area (Å²) >= 11 is 0. The second-order valence-electron chi connectivity index (χ2n) is 15.7. The SMILES string of the molecule is CCCC(C)(C)[Si](C)(C)O[C@H]1C=C(CCC2=C[C@@H](O[Si](C)(C)C(C)(C)CCC)C3=C2CCCC3)C2=C1CCCC2. The van der Waals surface area contributed by atoms with E-state index in [1.54, 1.807) is 33.4 Å². The molecule has 4 aliphatic rings. The summed E-state index contributed by atoms with van der Waals surface area (Å²) in [6.07, 6.45) is 23.2. The molecule has 0 aromatic rings. The average Bonchev–Trinajstić information content (AvgIpc) is 3.40. The van der Waals surface area contributed by atoms with E-state index < -0.39 is 16.6 Å². The minimum atomic E-state index is -1.86. The molecule has 0 saturated carbocycles. The highest BCUT2D eigenvalue weighted by Crippen LogP contribution is 2.49. The summed E-state index contributed by atoms with van der Waals surface area (Å²) in [6.45, 7) is 24.3. The Kier molecular flexibility index (Phi) is 10.1. The van der Waals surface area contributed by atoms with Crippen LogP contribution in [0.5, 0.6) is 0 Å². The summed E-state index contributed by atoms with van der Waals surface area (Å²) in [6, 6.07) is 0. The van der Waals surface area contributed by atoms with Crippen molar-refractivity contribution >= 4 is 16.6 Å². The summed E-state index contributed by atoms with van der Waals surface area (Å²) in [5.41, 5.74) is 9.85. The first-order valence-electron chi connectivity index (χ1n) is 16.9. The van der Waals surface area contributed by atoms with Crippen LogP contribution in [0.3, 0.4) is 0 Å². The predicted octanol–water partition coefficient (Wildman–Crippen LogP) is 11.7. The highest BCUT2D eigenvalue weighted by molar-refractivity contribution is 6.74. The maximum Gasteiger partial charge on any atom is 0.193 e. The van der Waals surface area contributed by atoms with Crippen molar-refractivity contribution in [1.29, 1.82) is 0 Å². The molecule has 0 unspecified atom stereocenters. The third-order valence-corrected chi connectivity index (χ3v) is 20.4. The third-order valence-electron chi connectivity index (χ3n) is 11.7. The van der Waals surface area contributed by atoms with Gasteiger partial charge in [-0.3, -0.25) is 0 Å². The fourth-order valence-corrected chi connectivity index (χ4v) is 11.8. The Hall–Kier alpha value is -0.686. The Morgan fingerprint density at radius 3 is 1.32 bits per heavy atom. The molecule has 0 bridgehead atoms. The Morgan fingerprint density at radius 2 is 0.975 bits per heavy atom. The van der Waals surface area contributed by atoms with Crippen molar-refractivity contribution in [1.82, 2.24) is 0 Å². The maximum atomic E-state index is 7.16. The van der Waals surface area contributed by atoms with Crippen molar-refractivity contribution in [2.75, 3.05) is 0 Å². The molecular formula is C36H62O2Si2. The van der Waals surface area contributed by atoms with Crippen molar-refractivity contribution in [3.63, 3.8) is 0 Å². The molecule has 4 aliphatic carbocycles. The van der Waals surface area contributed by atoms with Gasteiger partial charge >= 0.3 is 0 Å². The van der Waals surface area contributed by atoms with Gasteiger partial charge in [0.1, 0.15) is 0 Å². The van der Waals surface area contributed by atoms with Crippen LogP contribution in [0.2, 0.25) is 36.3 Å². The van der Waals surface area contributed by atoms with Crippen molar-refractivity contribution in [2.45, 2.75) is 180 Å². The summed E-state index contributed by atoms with van der Waals surface area (Å²) in [5, 5.41) is 0.591. The molecular weight excluding hydrogens is 521 g/mol. The van der Waals surface area contributed by atoms with Crippen LogP contribution in [-0.2, 0) is 8.85 Å². The lowest BCUT2D eigenvalue weighted by Crippen LogP contribution is -2.45. The quantitative estimate of drug-likeness (QED) is 0.201. The highest BCUT2D eigenvalue weighted by atomic mass is 28.4. The van der Waals surface area contributed by atoms with Gasteiger partial charge in [-0.2, -0.15) is 0 Å². The molecule has 226 valence electrons. The van der Waals surface area contributed by atoms with E-state index in [0.29, 0.717) is 10.1 Å². The monoisotopic (exact) mass is 582 g/mol. The zero-order valence-electron chi connectivity index (χ0n) is 28.0. The van der Waals surface area contributed by atoms with Crippen LogP contribution in [-0.4, -0.2) is 28.8 Å². The number of allylic oxidation sites excluding steroid dienone is 4. The van der Waals surface area contributed by atoms with E-state index in [-0.39, 0.29) is 12.2 Å². The fourth-order valence-electron chi connectivity index (χ4n) is 7.74. The largest absolute Gasteiger partial charge is 0.407 e. The molecule has 0 fully saturated rings. The molecule has 0 spiro atoms. The number of hydrogen-bond donors (Lipinski definition) is 0. The minimum Gasteiger partial charge on any atom is -0.407 e. The van der Waals surface area contributed by atoms with Gasteiger partial charge in [-0.15, -0.1) is 0 Å². The van der Waals surface area contributed by atoms with Gasteiger partial charge in [0, 0.05) is 0 Å². The van der Waals surface area contributed by atoms with E-state index >= 15 is 0 Å². The summed E-state index contributed by atoms with van der Waals surface area (Å²) < 4.78 is 14.3. The first-order chi connectivity index (χ1) is 18.7. The van der Waals surface area contributed by atoms with E-state index in [2.05, 4.69) is 79.9 Å². The Bertz CT molecular complexity index is 969. The topological polar surface area (TPSA) is 18.5 Å². The smallest absolute Gasteiger partial charge is 0.193 e. The van der Waals surface area contributed by atoms with E-state index in [1.807, 2.05) is 0 Å². The average molecular weight is 583 g/mol. The zero-order chi connectivity index (χ0) is 29.3. The molecule has 2 atom stereocenters. The zero-order valence-corrected chi connectivity index (χ0v) is 30.0. The van der Waals surface area contributed by atoms with Gasteiger partial charge in [0.05, 0.1) is 12.2 Å². The predicted molar refractivity (Wildman–Crippen MR) is 179 cm³/mol. The van der Waals surface area contributed by atoms with Crippen LogP contribution < -0.4 is 0 Å². The molecule has 0 N–H and O–H groups in total. The van der Waals surface area contributed by atoms with Gasteiger partial charge < -0.3 is 8.85 Å². The minimum absolute atomic E-state index is 0.230. The van der Waals surface area contributed by atoms with Gasteiger partial charge in [-0.25, -0.2) is 0 Å².